The number of nitrogens with zero attached hydrogens (tertiary/aromatic N) is 4. The Balaban J connectivity index is 1.31. The van der Waals surface area contributed by atoms with Crippen LogP contribution < -0.4 is 0 Å². The first-order valence-corrected chi connectivity index (χ1v) is 14.5. The van der Waals surface area contributed by atoms with Crippen LogP contribution >= 0.6 is 23.4 Å². The van der Waals surface area contributed by atoms with Crippen molar-refractivity contribution in [3.05, 3.63) is 69.2 Å². The first-order chi connectivity index (χ1) is 20.1. The molecule has 1 N–H and O–H groups in total. The SMILES string of the molecule is CC(C)(C)OC(=O)N1CC[C@@H](N2C(=O)S/C(=C\c3ccc4c(cnn4Cc4ccc(Cl)cc4C(F)(F)F)c3)C2=O)[C@H](O)C1. The van der Waals surface area contributed by atoms with Crippen molar-refractivity contribution in [2.45, 2.75) is 57.7 Å². The Morgan fingerprint density at radius 2 is 1.93 bits per heavy atom. The maximum absolute atomic E-state index is 13.6. The molecule has 3 amide bonds. The van der Waals surface area contributed by atoms with Gasteiger partial charge in [-0.1, -0.05) is 23.7 Å². The predicted octanol–water partition coefficient (Wildman–Crippen LogP) is 6.16. The molecule has 0 saturated carbocycles. The van der Waals surface area contributed by atoms with Crippen LogP contribution in [0, 0.1) is 0 Å². The van der Waals surface area contributed by atoms with E-state index in [1.54, 1.807) is 45.0 Å². The molecule has 2 aliphatic heterocycles. The van der Waals surface area contributed by atoms with Gasteiger partial charge in [-0.05, 0) is 80.4 Å². The number of halogens is 4. The zero-order valence-electron chi connectivity index (χ0n) is 23.4. The summed E-state index contributed by atoms with van der Waals surface area (Å²) in [5.41, 5.74) is -0.366. The number of imide groups is 1. The van der Waals surface area contributed by atoms with Crippen LogP contribution in [0.2, 0.25) is 5.02 Å². The number of hydrogen-bond acceptors (Lipinski definition) is 7. The van der Waals surface area contributed by atoms with Crippen molar-refractivity contribution in [3.63, 3.8) is 0 Å². The Hall–Kier alpha value is -3.55. The number of alkyl halides is 3. The highest BCUT2D eigenvalue weighted by Crippen LogP contribution is 2.37. The summed E-state index contributed by atoms with van der Waals surface area (Å²) in [5.74, 6) is -0.553. The van der Waals surface area contributed by atoms with E-state index in [1.165, 1.54) is 27.9 Å². The monoisotopic (exact) mass is 636 g/mol. The van der Waals surface area contributed by atoms with Gasteiger partial charge < -0.3 is 14.7 Å². The Kier molecular flexibility index (Phi) is 8.27. The molecule has 43 heavy (non-hydrogen) atoms. The molecule has 0 aliphatic carbocycles. The minimum Gasteiger partial charge on any atom is -0.444 e. The summed E-state index contributed by atoms with van der Waals surface area (Å²) in [5, 5.41) is 15.1. The third-order valence-corrected chi connectivity index (χ3v) is 8.13. The lowest BCUT2D eigenvalue weighted by Gasteiger charge is -2.39. The van der Waals surface area contributed by atoms with E-state index in [9.17, 15) is 32.7 Å². The smallest absolute Gasteiger partial charge is 0.416 e. The number of aliphatic hydroxyl groups excluding tert-OH is 1. The highest BCUT2D eigenvalue weighted by Gasteiger charge is 2.45. The molecule has 1 aromatic heterocycles. The topological polar surface area (TPSA) is 105 Å². The molecule has 3 heterocycles. The number of aromatic nitrogens is 2. The summed E-state index contributed by atoms with van der Waals surface area (Å²) in [6.07, 6.45) is -3.05. The van der Waals surface area contributed by atoms with Gasteiger partial charge in [-0.25, -0.2) is 4.79 Å². The maximum Gasteiger partial charge on any atom is 0.416 e. The minimum atomic E-state index is -4.58. The number of thioether (sulfide) groups is 1. The first kappa shape index (κ1) is 30.9. The van der Waals surface area contributed by atoms with E-state index in [0.717, 1.165) is 22.7 Å². The van der Waals surface area contributed by atoms with Gasteiger partial charge in [0, 0.05) is 17.0 Å². The van der Waals surface area contributed by atoms with Gasteiger partial charge in [0.15, 0.2) is 0 Å². The van der Waals surface area contributed by atoms with Crippen LogP contribution in [0.3, 0.4) is 0 Å². The van der Waals surface area contributed by atoms with Crippen molar-refractivity contribution < 1.29 is 37.4 Å². The van der Waals surface area contributed by atoms with Gasteiger partial charge in [0.1, 0.15) is 5.60 Å². The minimum absolute atomic E-state index is 0.0127. The Bertz CT molecular complexity index is 1630. The number of hydrogen-bond donors (Lipinski definition) is 1. The molecule has 2 atom stereocenters. The Morgan fingerprint density at radius 3 is 2.60 bits per heavy atom. The molecule has 2 aliphatic rings. The van der Waals surface area contributed by atoms with Gasteiger partial charge in [-0.2, -0.15) is 18.3 Å². The normalized spacial score (nSPS) is 20.9. The molecule has 0 radical (unpaired) electrons. The predicted molar refractivity (Wildman–Crippen MR) is 155 cm³/mol. The summed E-state index contributed by atoms with van der Waals surface area (Å²) < 4.78 is 47.5. The van der Waals surface area contributed by atoms with Crippen LogP contribution in [0.5, 0.6) is 0 Å². The number of ether oxygens (including phenoxy) is 1. The number of β-amino-alcohol motifs (C(OH)–C–C–N with tert-alkyl or cyclic N) is 1. The third kappa shape index (κ3) is 6.68. The number of rotatable bonds is 4. The zero-order chi connectivity index (χ0) is 31.3. The van der Waals surface area contributed by atoms with Gasteiger partial charge in [-0.3, -0.25) is 19.2 Å². The van der Waals surface area contributed by atoms with Crippen molar-refractivity contribution in [2.75, 3.05) is 13.1 Å². The van der Waals surface area contributed by atoms with Gasteiger partial charge in [0.25, 0.3) is 11.1 Å². The van der Waals surface area contributed by atoms with Gasteiger partial charge in [-0.15, -0.1) is 0 Å². The van der Waals surface area contributed by atoms with Crippen LogP contribution in [0.15, 0.2) is 47.5 Å². The van der Waals surface area contributed by atoms with Crippen molar-refractivity contribution in [1.82, 2.24) is 19.6 Å². The number of aliphatic hydroxyl groups is 1. The molecule has 3 aromatic rings. The molecule has 9 nitrogen and oxygen atoms in total. The molecule has 0 spiro atoms. The number of fused-ring (bicyclic) bond motifs is 1. The molecular weight excluding hydrogens is 609 g/mol. The lowest BCUT2D eigenvalue weighted by Crippen LogP contribution is -2.57. The number of carbonyl (C=O) groups is 3. The van der Waals surface area contributed by atoms with Crippen LogP contribution in [-0.2, 0) is 22.3 Å². The summed E-state index contributed by atoms with van der Waals surface area (Å²) in [7, 11) is 0. The Morgan fingerprint density at radius 1 is 1.19 bits per heavy atom. The van der Waals surface area contributed by atoms with E-state index >= 15 is 0 Å². The van der Waals surface area contributed by atoms with Crippen LogP contribution in [0.4, 0.5) is 22.8 Å². The van der Waals surface area contributed by atoms with Gasteiger partial charge in [0.2, 0.25) is 0 Å². The fourth-order valence-electron chi connectivity index (χ4n) is 5.06. The molecule has 2 fully saturated rings. The standard InChI is InChI=1S/C29H28ClF3N4O5S/c1-28(2,3)42-26(40)35-9-8-22(23(38)15-35)37-25(39)24(43-27(37)41)11-16-4-7-21-18(10-16)13-34-36(21)14-17-5-6-19(30)12-20(17)29(31,32)33/h4-7,10-13,22-23,38H,8-9,14-15H2,1-3H3/b24-11-/t22-,23-/m1/s1. The average Bonchev–Trinajstić information content (AvgIpc) is 3.42. The van der Waals surface area contributed by atoms with E-state index in [2.05, 4.69) is 5.10 Å². The van der Waals surface area contributed by atoms with Crippen LogP contribution in [0.1, 0.15) is 43.9 Å². The fraction of sp³-hybridized carbons (Fsp3) is 0.379. The van der Waals surface area contributed by atoms with Crippen molar-refractivity contribution >= 4 is 57.6 Å². The van der Waals surface area contributed by atoms with Crippen LogP contribution in [0.25, 0.3) is 17.0 Å². The summed E-state index contributed by atoms with van der Waals surface area (Å²) >= 11 is 6.54. The second kappa shape index (κ2) is 11.5. The molecule has 0 bridgehead atoms. The average molecular weight is 637 g/mol. The third-order valence-electron chi connectivity index (χ3n) is 7.01. The van der Waals surface area contributed by atoms with Gasteiger partial charge in [0.05, 0.1) is 47.4 Å². The molecule has 2 saturated heterocycles. The number of likely N-dealkylation sites (tertiary alicyclic amines) is 1. The molecule has 228 valence electrons. The van der Waals surface area contributed by atoms with Crippen molar-refractivity contribution in [2.24, 2.45) is 0 Å². The number of amides is 3. The quantitative estimate of drug-likeness (QED) is 0.342. The van der Waals surface area contributed by atoms with E-state index in [0.29, 0.717) is 16.5 Å². The molecule has 5 rings (SSSR count). The van der Waals surface area contributed by atoms with Crippen LogP contribution in [-0.4, -0.2) is 72.8 Å². The molecular formula is C29H28ClF3N4O5S. The van der Waals surface area contributed by atoms with Crippen molar-refractivity contribution in [3.8, 4) is 0 Å². The van der Waals surface area contributed by atoms with Gasteiger partial charge >= 0.3 is 12.3 Å². The number of carbonyl (C=O) groups excluding carboxylic acids is 3. The molecule has 2 aromatic carbocycles. The maximum atomic E-state index is 13.6. The number of piperidine rings is 1. The lowest BCUT2D eigenvalue weighted by molar-refractivity contribution is -0.138. The fourth-order valence-corrected chi connectivity index (χ4v) is 6.12. The molecule has 0 unspecified atom stereocenters. The highest BCUT2D eigenvalue weighted by molar-refractivity contribution is 8.18. The second-order valence-electron chi connectivity index (χ2n) is 11.3. The lowest BCUT2D eigenvalue weighted by atomic mass is 10.0. The summed E-state index contributed by atoms with van der Waals surface area (Å²) in [4.78, 5) is 41.1. The highest BCUT2D eigenvalue weighted by atomic mass is 35.5. The zero-order valence-corrected chi connectivity index (χ0v) is 25.0. The Labute approximate surface area is 254 Å². The first-order valence-electron chi connectivity index (χ1n) is 13.3. The molecule has 14 heteroatoms. The number of benzene rings is 2. The van der Waals surface area contributed by atoms with E-state index in [4.69, 9.17) is 16.3 Å². The van der Waals surface area contributed by atoms with E-state index in [1.807, 2.05) is 0 Å². The largest absolute Gasteiger partial charge is 0.444 e. The summed E-state index contributed by atoms with van der Waals surface area (Å²) in [6, 6.07) is 7.87. The van der Waals surface area contributed by atoms with Crippen molar-refractivity contribution in [1.29, 1.82) is 0 Å². The van der Waals surface area contributed by atoms with E-state index < -0.39 is 46.7 Å². The second-order valence-corrected chi connectivity index (χ2v) is 12.8. The summed E-state index contributed by atoms with van der Waals surface area (Å²) in [6.45, 7) is 5.19. The van der Waals surface area contributed by atoms with E-state index in [-0.39, 0.29) is 41.5 Å².